The van der Waals surface area contributed by atoms with Gasteiger partial charge in [0.15, 0.2) is 6.10 Å². The van der Waals surface area contributed by atoms with Crippen molar-refractivity contribution < 1.29 is 28.6 Å². The summed E-state index contributed by atoms with van der Waals surface area (Å²) in [5.74, 6) is -0.896. The summed E-state index contributed by atoms with van der Waals surface area (Å²) < 4.78 is 17.0. The van der Waals surface area contributed by atoms with Gasteiger partial charge in [-0.1, -0.05) is 311 Å². The SMILES string of the molecule is CC/C=C\C/C=C\C/C=C\C/C=C\C/C=C\CCCCCCCCCC(=O)OC(COC(=O)CCCCCCC/C=C\C/C=C\CCCC)COC(=O)CCCCCCCCCCCCCCCCC/C=C\CCCCCCCCCC. The van der Waals surface area contributed by atoms with E-state index in [1.807, 2.05) is 0 Å². The average molecular weight is 1140 g/mol. The molecule has 1 unspecified atom stereocenters. The summed E-state index contributed by atoms with van der Waals surface area (Å²) in [4.78, 5) is 38.4. The Morgan fingerprint density at radius 2 is 0.488 bits per heavy atom. The zero-order chi connectivity index (χ0) is 59.2. The molecule has 0 aliphatic carbocycles. The van der Waals surface area contributed by atoms with Crippen molar-refractivity contribution in [2.24, 2.45) is 0 Å². The molecule has 1 atom stereocenters. The first kappa shape index (κ1) is 78.3. The van der Waals surface area contributed by atoms with E-state index in [4.69, 9.17) is 14.2 Å². The molecule has 0 radical (unpaired) electrons. The van der Waals surface area contributed by atoms with E-state index >= 15 is 0 Å². The highest BCUT2D eigenvalue weighted by molar-refractivity contribution is 5.71. The number of rotatable bonds is 64. The van der Waals surface area contributed by atoms with E-state index in [1.165, 1.54) is 186 Å². The zero-order valence-electron chi connectivity index (χ0n) is 54.2. The van der Waals surface area contributed by atoms with Gasteiger partial charge in [0, 0.05) is 19.3 Å². The highest BCUT2D eigenvalue weighted by Crippen LogP contribution is 2.17. The van der Waals surface area contributed by atoms with Gasteiger partial charge >= 0.3 is 17.9 Å². The van der Waals surface area contributed by atoms with Crippen LogP contribution in [0.25, 0.3) is 0 Å². The maximum atomic E-state index is 13.0. The number of hydrogen-bond acceptors (Lipinski definition) is 6. The van der Waals surface area contributed by atoms with Crippen LogP contribution in [0, 0.1) is 0 Å². The van der Waals surface area contributed by atoms with Crippen molar-refractivity contribution in [3.8, 4) is 0 Å². The van der Waals surface area contributed by atoms with Crippen LogP contribution < -0.4 is 0 Å². The predicted molar refractivity (Wildman–Crippen MR) is 357 cm³/mol. The summed E-state index contributed by atoms with van der Waals surface area (Å²) in [6, 6.07) is 0. The van der Waals surface area contributed by atoms with Crippen LogP contribution in [0.4, 0.5) is 0 Å². The third-order valence-corrected chi connectivity index (χ3v) is 15.3. The molecule has 6 heteroatoms. The normalized spacial score (nSPS) is 12.7. The van der Waals surface area contributed by atoms with Crippen LogP contribution >= 0.6 is 0 Å². The summed E-state index contributed by atoms with van der Waals surface area (Å²) in [5.41, 5.74) is 0. The largest absolute Gasteiger partial charge is 0.462 e. The summed E-state index contributed by atoms with van der Waals surface area (Å²) in [7, 11) is 0. The van der Waals surface area contributed by atoms with Crippen molar-refractivity contribution in [1.29, 1.82) is 0 Å². The predicted octanol–water partition coefficient (Wildman–Crippen LogP) is 24.4. The molecule has 0 bridgehead atoms. The van der Waals surface area contributed by atoms with Crippen molar-refractivity contribution in [3.63, 3.8) is 0 Å². The van der Waals surface area contributed by atoms with Crippen LogP contribution in [-0.2, 0) is 28.6 Å². The molecule has 0 heterocycles. The minimum absolute atomic E-state index is 0.0849. The van der Waals surface area contributed by atoms with Crippen LogP contribution in [-0.4, -0.2) is 37.2 Å². The first-order valence-corrected chi connectivity index (χ1v) is 35.2. The zero-order valence-corrected chi connectivity index (χ0v) is 54.2. The first-order valence-electron chi connectivity index (χ1n) is 35.2. The molecule has 0 fully saturated rings. The molecule has 0 aliphatic heterocycles. The molecule has 0 saturated heterocycles. The van der Waals surface area contributed by atoms with Gasteiger partial charge in [-0.3, -0.25) is 14.4 Å². The standard InChI is InChI=1S/C76H132O6/c1-4-7-10-13-16-19-22-25-28-30-32-34-36-37-38-39-41-42-44-46-48-51-54-57-60-63-66-69-75(78)81-72-73(71-80-74(77)68-65-62-59-56-53-50-27-24-21-18-15-12-9-6-3)82-76(79)70-67-64-61-58-55-52-49-47-45-43-40-35-33-31-29-26-23-20-17-14-11-8-5-2/h8,11,15,17-18,20,24,26-27,29-30,32-33,35,43,45,73H,4-7,9-10,12-14,16,19,21-23,25,28,31,34,36-42,44,46-72H2,1-3H3/b11-8-,18-15-,20-17-,27-24-,29-26-,32-30-,35-33-,45-43-. The fourth-order valence-electron chi connectivity index (χ4n) is 10.0. The van der Waals surface area contributed by atoms with E-state index in [0.29, 0.717) is 19.3 Å². The molecular formula is C76H132O6. The van der Waals surface area contributed by atoms with Crippen molar-refractivity contribution in [1.82, 2.24) is 0 Å². The van der Waals surface area contributed by atoms with E-state index in [-0.39, 0.29) is 31.1 Å². The fourth-order valence-corrected chi connectivity index (χ4v) is 10.0. The number of carbonyl (C=O) groups is 3. The van der Waals surface area contributed by atoms with Crippen molar-refractivity contribution >= 4 is 17.9 Å². The van der Waals surface area contributed by atoms with Crippen LogP contribution in [0.15, 0.2) is 97.2 Å². The van der Waals surface area contributed by atoms with Gasteiger partial charge in [-0.25, -0.2) is 0 Å². The smallest absolute Gasteiger partial charge is 0.306 e. The van der Waals surface area contributed by atoms with Crippen LogP contribution in [0.3, 0.4) is 0 Å². The van der Waals surface area contributed by atoms with Crippen LogP contribution in [0.1, 0.15) is 348 Å². The molecular weight excluding hydrogens is 1010 g/mol. The molecule has 0 aliphatic rings. The third-order valence-electron chi connectivity index (χ3n) is 15.3. The molecule has 0 N–H and O–H groups in total. The van der Waals surface area contributed by atoms with E-state index in [2.05, 4.69) is 118 Å². The van der Waals surface area contributed by atoms with Crippen molar-refractivity contribution in [3.05, 3.63) is 97.2 Å². The van der Waals surface area contributed by atoms with E-state index in [0.717, 1.165) is 122 Å². The Bertz CT molecular complexity index is 1590. The van der Waals surface area contributed by atoms with Crippen LogP contribution in [0.5, 0.6) is 0 Å². The Morgan fingerprint density at radius 3 is 0.793 bits per heavy atom. The Balaban J connectivity index is 4.31. The van der Waals surface area contributed by atoms with Crippen molar-refractivity contribution in [2.45, 2.75) is 354 Å². The quantitative estimate of drug-likeness (QED) is 0.0261. The lowest BCUT2D eigenvalue weighted by molar-refractivity contribution is -0.167. The average Bonchev–Trinajstić information content (AvgIpc) is 3.47. The molecule has 0 aromatic heterocycles. The van der Waals surface area contributed by atoms with E-state index in [1.54, 1.807) is 0 Å². The van der Waals surface area contributed by atoms with Gasteiger partial charge < -0.3 is 14.2 Å². The number of hydrogen-bond donors (Lipinski definition) is 0. The second-order valence-corrected chi connectivity index (χ2v) is 23.4. The molecule has 6 nitrogen and oxygen atoms in total. The molecule has 0 aromatic carbocycles. The number of esters is 3. The topological polar surface area (TPSA) is 78.9 Å². The molecule has 0 spiro atoms. The Morgan fingerprint density at radius 1 is 0.256 bits per heavy atom. The highest BCUT2D eigenvalue weighted by Gasteiger charge is 2.19. The summed E-state index contributed by atoms with van der Waals surface area (Å²) >= 11 is 0. The number of carbonyl (C=O) groups excluding carboxylic acids is 3. The Labute approximate surface area is 508 Å². The van der Waals surface area contributed by atoms with Crippen molar-refractivity contribution in [2.75, 3.05) is 13.2 Å². The maximum Gasteiger partial charge on any atom is 0.306 e. The monoisotopic (exact) mass is 1140 g/mol. The lowest BCUT2D eigenvalue weighted by Gasteiger charge is -2.18. The number of unbranched alkanes of at least 4 members (excludes halogenated alkanes) is 37. The van der Waals surface area contributed by atoms with E-state index in [9.17, 15) is 14.4 Å². The summed E-state index contributed by atoms with van der Waals surface area (Å²) in [6.45, 7) is 6.51. The lowest BCUT2D eigenvalue weighted by atomic mass is 10.0. The maximum absolute atomic E-state index is 13.0. The third kappa shape index (κ3) is 67.1. The number of ether oxygens (including phenoxy) is 3. The first-order chi connectivity index (χ1) is 40.5. The molecule has 0 rings (SSSR count). The Kier molecular flexibility index (Phi) is 66.7. The number of allylic oxidation sites excluding steroid dienone is 16. The second kappa shape index (κ2) is 69.8. The summed E-state index contributed by atoms with van der Waals surface area (Å²) in [6.07, 6.45) is 94.3. The fraction of sp³-hybridized carbons (Fsp3) is 0.750. The van der Waals surface area contributed by atoms with Gasteiger partial charge in [0.1, 0.15) is 13.2 Å². The molecule has 0 saturated carbocycles. The highest BCUT2D eigenvalue weighted by atomic mass is 16.6. The van der Waals surface area contributed by atoms with Gasteiger partial charge in [0.2, 0.25) is 0 Å². The second-order valence-electron chi connectivity index (χ2n) is 23.4. The van der Waals surface area contributed by atoms with Gasteiger partial charge in [-0.05, 0) is 116 Å². The van der Waals surface area contributed by atoms with Gasteiger partial charge in [0.05, 0.1) is 0 Å². The Hall–Kier alpha value is -3.67. The molecule has 82 heavy (non-hydrogen) atoms. The summed E-state index contributed by atoms with van der Waals surface area (Å²) in [5, 5.41) is 0. The van der Waals surface area contributed by atoms with Gasteiger partial charge in [-0.15, -0.1) is 0 Å². The minimum atomic E-state index is -0.792. The lowest BCUT2D eigenvalue weighted by Crippen LogP contribution is -2.30. The van der Waals surface area contributed by atoms with Gasteiger partial charge in [0.25, 0.3) is 0 Å². The van der Waals surface area contributed by atoms with Gasteiger partial charge in [-0.2, -0.15) is 0 Å². The minimum Gasteiger partial charge on any atom is -0.462 e. The van der Waals surface area contributed by atoms with Crippen LogP contribution in [0.2, 0.25) is 0 Å². The van der Waals surface area contributed by atoms with E-state index < -0.39 is 6.10 Å². The molecule has 0 aromatic rings. The molecule has 0 amide bonds. The molecule has 472 valence electrons.